The Kier molecular flexibility index (Phi) is 11.2. The zero-order valence-electron chi connectivity index (χ0n) is 18.7. The number of allylic oxidation sites excluding steroid dienone is 4. The van der Waals surface area contributed by atoms with Crippen LogP contribution in [0.5, 0.6) is 0 Å². The van der Waals surface area contributed by atoms with Gasteiger partial charge in [0, 0.05) is 19.9 Å². The number of thioether (sulfide) groups is 1. The predicted molar refractivity (Wildman–Crippen MR) is 144 cm³/mol. The van der Waals surface area contributed by atoms with Crippen molar-refractivity contribution in [2.24, 2.45) is 0 Å². The molecule has 0 aromatic heterocycles. The Bertz CT molecular complexity index is 1090. The van der Waals surface area contributed by atoms with E-state index in [2.05, 4.69) is 51.3 Å². The third-order valence-corrected chi connectivity index (χ3v) is 6.36. The molecule has 0 saturated carbocycles. The molecule has 0 bridgehead atoms. The SMILES string of the molecule is C=C/C=C(\C(=C)Cl)C(=[OH+])c1ccc(Sc2ccc(SC(C)C)cc2)cc1.Fc1ccccc1. The van der Waals surface area contributed by atoms with Crippen LogP contribution in [-0.4, -0.2) is 15.8 Å². The van der Waals surface area contributed by atoms with E-state index in [0.29, 0.717) is 16.4 Å². The summed E-state index contributed by atoms with van der Waals surface area (Å²) in [6.07, 6.45) is 3.22. The van der Waals surface area contributed by atoms with Gasteiger partial charge < -0.3 is 0 Å². The molecule has 0 amide bonds. The molecule has 3 rings (SSSR count). The Hall–Kier alpha value is -2.53. The maximum atomic E-state index is 11.9. The summed E-state index contributed by atoms with van der Waals surface area (Å²) >= 11 is 9.50. The first-order chi connectivity index (χ1) is 15.8. The van der Waals surface area contributed by atoms with E-state index < -0.39 is 0 Å². The van der Waals surface area contributed by atoms with Crippen molar-refractivity contribution in [1.29, 1.82) is 0 Å². The lowest BCUT2D eigenvalue weighted by Gasteiger charge is -2.06. The molecule has 0 aliphatic carbocycles. The van der Waals surface area contributed by atoms with Gasteiger partial charge in [-0.05, 0) is 66.7 Å². The predicted octanol–water partition coefficient (Wildman–Crippen LogP) is 8.92. The number of halogens is 2. The van der Waals surface area contributed by atoms with Gasteiger partial charge in [0.25, 0.3) is 0 Å². The molecule has 1 N–H and O–H groups in total. The summed E-state index contributed by atoms with van der Waals surface area (Å²) in [4.78, 5) is 14.0. The van der Waals surface area contributed by atoms with Crippen molar-refractivity contribution < 1.29 is 9.18 Å². The summed E-state index contributed by atoms with van der Waals surface area (Å²) in [7, 11) is 0. The first-order valence-corrected chi connectivity index (χ1v) is 12.4. The van der Waals surface area contributed by atoms with Crippen molar-refractivity contribution in [2.75, 3.05) is 0 Å². The summed E-state index contributed by atoms with van der Waals surface area (Å²) in [5, 5.41) is 0.856. The molecule has 0 heterocycles. The van der Waals surface area contributed by atoms with Crippen LogP contribution in [-0.2, 0) is 0 Å². The van der Waals surface area contributed by atoms with Gasteiger partial charge in [-0.1, -0.05) is 74.6 Å². The van der Waals surface area contributed by atoms with Crippen molar-refractivity contribution >= 4 is 40.9 Å². The maximum absolute atomic E-state index is 11.9. The van der Waals surface area contributed by atoms with Crippen LogP contribution >= 0.6 is 35.1 Å². The Morgan fingerprint density at radius 2 is 1.42 bits per heavy atom. The second-order valence-corrected chi connectivity index (χ2v) is 10.4. The highest BCUT2D eigenvalue weighted by atomic mass is 35.5. The third kappa shape index (κ3) is 9.47. The lowest BCUT2D eigenvalue weighted by molar-refractivity contribution is 0.628. The summed E-state index contributed by atoms with van der Waals surface area (Å²) in [6, 6.07) is 24.2. The molecule has 0 saturated heterocycles. The lowest BCUT2D eigenvalue weighted by Crippen LogP contribution is -2.05. The number of ketones is 1. The normalized spacial score (nSPS) is 10.9. The Labute approximate surface area is 209 Å². The highest BCUT2D eigenvalue weighted by Gasteiger charge is 2.20. The average molecular weight is 498 g/mol. The first-order valence-electron chi connectivity index (χ1n) is 10.3. The number of hydrogen-bond acceptors (Lipinski definition) is 2. The summed E-state index contributed by atoms with van der Waals surface area (Å²) < 4.78 is 11.9. The van der Waals surface area contributed by atoms with Crippen molar-refractivity contribution in [3.8, 4) is 0 Å². The number of rotatable bonds is 8. The van der Waals surface area contributed by atoms with Gasteiger partial charge in [0.1, 0.15) is 5.82 Å². The van der Waals surface area contributed by atoms with Crippen molar-refractivity contribution in [2.45, 2.75) is 33.8 Å². The van der Waals surface area contributed by atoms with Crippen LogP contribution in [0, 0.1) is 5.82 Å². The number of carbonyl (C=O) groups excluding carboxylic acids is 1. The second kappa shape index (κ2) is 13.9. The standard InChI is InChI=1S/C22H21ClOS2.C6H5F/c1-5-6-21(16(4)23)22(24)17-7-9-19(10-8-17)26-20-13-11-18(12-14-20)25-15(2)3;7-6-4-2-1-3-5-6/h5-15H,1,4H2,2-3H3;1-5H/p+1/b21-6+;. The molecule has 3 aromatic carbocycles. The minimum atomic E-state index is -0.178. The zero-order valence-corrected chi connectivity index (χ0v) is 21.1. The number of benzene rings is 3. The zero-order chi connectivity index (χ0) is 24.2. The van der Waals surface area contributed by atoms with Crippen LogP contribution in [0.15, 0.2) is 129 Å². The third-order valence-electron chi connectivity index (χ3n) is 4.12. The molecular weight excluding hydrogens is 471 g/mol. The van der Waals surface area contributed by atoms with E-state index in [4.69, 9.17) is 11.6 Å². The highest BCUT2D eigenvalue weighted by Crippen LogP contribution is 2.31. The van der Waals surface area contributed by atoms with Gasteiger partial charge in [0.15, 0.2) is 0 Å². The minimum absolute atomic E-state index is 0.0940. The molecule has 0 aliphatic heterocycles. The molecule has 33 heavy (non-hydrogen) atoms. The molecule has 0 fully saturated rings. The van der Waals surface area contributed by atoms with Gasteiger partial charge in [-0.3, -0.25) is 4.79 Å². The van der Waals surface area contributed by atoms with Gasteiger partial charge in [-0.2, -0.15) is 0 Å². The molecular formula is C28H27ClFOS2+. The van der Waals surface area contributed by atoms with Crippen molar-refractivity contribution in [1.82, 2.24) is 0 Å². The van der Waals surface area contributed by atoms with E-state index in [1.165, 1.54) is 21.9 Å². The molecule has 0 atom stereocenters. The quantitative estimate of drug-likeness (QED) is 0.102. The van der Waals surface area contributed by atoms with E-state index in [1.807, 2.05) is 36.0 Å². The Morgan fingerprint density at radius 1 is 0.909 bits per heavy atom. The maximum Gasteiger partial charge on any atom is 0.355 e. The van der Waals surface area contributed by atoms with Gasteiger partial charge in [-0.15, -0.1) is 11.8 Å². The summed E-state index contributed by atoms with van der Waals surface area (Å²) in [5.74, 6) is -0.0842. The van der Waals surface area contributed by atoms with Gasteiger partial charge in [0.2, 0.25) is 0 Å². The molecule has 0 radical (unpaired) electrons. The lowest BCUT2D eigenvalue weighted by atomic mass is 10.0. The fourth-order valence-corrected chi connectivity index (χ4v) is 4.47. The molecule has 170 valence electrons. The van der Waals surface area contributed by atoms with Gasteiger partial charge >= 0.3 is 5.78 Å². The molecule has 0 spiro atoms. The van der Waals surface area contributed by atoms with E-state index in [9.17, 15) is 9.18 Å². The van der Waals surface area contributed by atoms with Crippen LogP contribution in [0.25, 0.3) is 0 Å². The summed E-state index contributed by atoms with van der Waals surface area (Å²) in [5.41, 5.74) is 1.16. The second-order valence-electron chi connectivity index (χ2n) is 7.13. The monoisotopic (exact) mass is 497 g/mol. The van der Waals surface area contributed by atoms with Gasteiger partial charge in [-0.25, -0.2) is 4.39 Å². The summed E-state index contributed by atoms with van der Waals surface area (Å²) in [6.45, 7) is 11.7. The van der Waals surface area contributed by atoms with E-state index in [1.54, 1.807) is 42.1 Å². The molecule has 5 heteroatoms. The van der Waals surface area contributed by atoms with Crippen molar-refractivity contribution in [3.63, 3.8) is 0 Å². The average Bonchev–Trinajstić information content (AvgIpc) is 2.79. The largest absolute Gasteiger partial charge is 0.355 e. The molecule has 3 aromatic rings. The van der Waals surface area contributed by atoms with Crippen LogP contribution < -0.4 is 0 Å². The Balaban J connectivity index is 0.000000468. The topological polar surface area (TPSA) is 21.4 Å². The van der Waals surface area contributed by atoms with E-state index in [0.717, 1.165) is 4.90 Å². The molecule has 0 aliphatic rings. The number of hydrogen-bond donors (Lipinski definition) is 0. The van der Waals surface area contributed by atoms with Crippen molar-refractivity contribution in [3.05, 3.63) is 126 Å². The highest BCUT2D eigenvalue weighted by molar-refractivity contribution is 8.00. The fourth-order valence-electron chi connectivity index (χ4n) is 2.66. The van der Waals surface area contributed by atoms with Crippen LogP contribution in [0.2, 0.25) is 0 Å². The minimum Gasteiger partial charge on any atom is -0.273 e. The van der Waals surface area contributed by atoms with Crippen LogP contribution in [0.1, 0.15) is 19.4 Å². The van der Waals surface area contributed by atoms with E-state index in [-0.39, 0.29) is 16.6 Å². The van der Waals surface area contributed by atoms with E-state index >= 15 is 0 Å². The van der Waals surface area contributed by atoms with Gasteiger partial charge in [0.05, 0.1) is 16.2 Å². The van der Waals surface area contributed by atoms with Crippen LogP contribution in [0.4, 0.5) is 4.39 Å². The molecule has 0 unspecified atom stereocenters. The fraction of sp³-hybridized carbons (Fsp3) is 0.107. The first kappa shape index (κ1) is 26.7. The Morgan fingerprint density at radius 3 is 1.85 bits per heavy atom. The molecule has 1 nitrogen and oxygen atoms in total. The van der Waals surface area contributed by atoms with Crippen LogP contribution in [0.3, 0.4) is 0 Å². The smallest absolute Gasteiger partial charge is 0.273 e.